The Bertz CT molecular complexity index is 2310. The fourth-order valence-corrected chi connectivity index (χ4v) is 7.99. The van der Waals surface area contributed by atoms with Crippen molar-refractivity contribution in [2.45, 2.75) is 44.4 Å². The molecular weight excluding hydrogens is 589 g/mol. The summed E-state index contributed by atoms with van der Waals surface area (Å²) in [7, 11) is 0. The lowest BCUT2D eigenvalue weighted by atomic mass is 9.77. The molecule has 228 valence electrons. The number of rotatable bonds is 3. The normalized spacial score (nSPS) is 17.9. The van der Waals surface area contributed by atoms with Crippen LogP contribution >= 0.6 is 0 Å². The molecule has 1 atom stereocenters. The predicted molar refractivity (Wildman–Crippen MR) is 169 cm³/mol. The Hall–Kier alpha value is -5.25. The second-order valence-electron chi connectivity index (χ2n) is 12.1. The molecule has 6 aromatic rings. The number of hydrogen-bond acceptors (Lipinski definition) is 4. The average Bonchev–Trinajstić information content (AvgIpc) is 3.75. The lowest BCUT2D eigenvalue weighted by Gasteiger charge is -2.32. The number of fused-ring (bicyclic) bond motifs is 11. The van der Waals surface area contributed by atoms with Gasteiger partial charge in [-0.3, -0.25) is 0 Å². The third kappa shape index (κ3) is 3.49. The van der Waals surface area contributed by atoms with Gasteiger partial charge in [0.05, 0.1) is 12.1 Å². The number of nitrogens with one attached hydrogen (secondary N) is 1. The van der Waals surface area contributed by atoms with Crippen LogP contribution in [0.15, 0.2) is 95.2 Å². The van der Waals surface area contributed by atoms with E-state index < -0.39 is 17.4 Å². The molecule has 7 nitrogen and oxygen atoms in total. The van der Waals surface area contributed by atoms with Gasteiger partial charge in [0.2, 0.25) is 5.69 Å². The molecule has 0 saturated heterocycles. The zero-order valence-electron chi connectivity index (χ0n) is 25.1. The number of nitrogens with zero attached hydrogens (tertiary/aromatic N) is 5. The first-order valence-corrected chi connectivity index (χ1v) is 15.5. The summed E-state index contributed by atoms with van der Waals surface area (Å²) < 4.78 is 54.6. The molecule has 0 fully saturated rings. The van der Waals surface area contributed by atoms with Crippen molar-refractivity contribution in [3.05, 3.63) is 108 Å². The van der Waals surface area contributed by atoms with E-state index in [-0.39, 0.29) is 6.04 Å². The summed E-state index contributed by atoms with van der Waals surface area (Å²) >= 11 is 0. The van der Waals surface area contributed by atoms with Crippen molar-refractivity contribution < 1.29 is 26.7 Å². The van der Waals surface area contributed by atoms with Crippen molar-refractivity contribution in [2.24, 2.45) is 0 Å². The number of pyridine rings is 2. The van der Waals surface area contributed by atoms with E-state index in [1.807, 2.05) is 67.0 Å². The maximum absolute atomic E-state index is 14.1. The van der Waals surface area contributed by atoms with E-state index in [9.17, 15) is 13.2 Å². The summed E-state index contributed by atoms with van der Waals surface area (Å²) in [4.78, 5) is 4.88. The van der Waals surface area contributed by atoms with Crippen LogP contribution in [0.25, 0.3) is 39.5 Å². The van der Waals surface area contributed by atoms with Gasteiger partial charge in [0.25, 0.3) is 0 Å². The Morgan fingerprint density at radius 1 is 1.00 bits per heavy atom. The minimum Gasteiger partial charge on any atom is -0.456 e. The second-order valence-corrected chi connectivity index (χ2v) is 12.1. The first-order valence-electron chi connectivity index (χ1n) is 15.5. The molecule has 1 unspecified atom stereocenters. The smallest absolute Gasteiger partial charge is 0.435 e. The molecule has 7 heterocycles. The molecule has 2 aromatic carbocycles. The van der Waals surface area contributed by atoms with Crippen molar-refractivity contribution >= 4 is 45.4 Å². The van der Waals surface area contributed by atoms with Gasteiger partial charge in [-0.2, -0.15) is 22.8 Å². The quantitative estimate of drug-likeness (QED) is 0.205. The maximum Gasteiger partial charge on any atom is 0.435 e. The van der Waals surface area contributed by atoms with E-state index in [1.165, 1.54) is 4.68 Å². The van der Waals surface area contributed by atoms with Gasteiger partial charge in [-0.25, -0.2) is 9.26 Å². The molecule has 9 rings (SSSR count). The Kier molecular flexibility index (Phi) is 5.53. The molecule has 3 aliphatic rings. The number of anilines is 1. The number of furan rings is 1. The summed E-state index contributed by atoms with van der Waals surface area (Å²) in [5, 5.41) is 9.78. The van der Waals surface area contributed by atoms with Crippen LogP contribution in [0, 0.1) is 0 Å². The molecule has 0 spiro atoms. The van der Waals surface area contributed by atoms with E-state index in [4.69, 9.17) is 9.40 Å². The Balaban J connectivity index is 1.42. The topological polar surface area (TPSA) is 62.8 Å². The monoisotopic (exact) mass is 618 g/mol. The molecule has 4 aromatic heterocycles. The minimum absolute atomic E-state index is 0.385. The van der Waals surface area contributed by atoms with Crippen molar-refractivity contribution in [1.82, 2.24) is 14.8 Å². The van der Waals surface area contributed by atoms with Crippen LogP contribution in [0.5, 0.6) is 0 Å². The highest BCUT2D eigenvalue weighted by molar-refractivity contribution is 6.20. The van der Waals surface area contributed by atoms with Crippen molar-refractivity contribution in [3.8, 4) is 11.4 Å². The van der Waals surface area contributed by atoms with E-state index >= 15 is 0 Å². The average molecular weight is 619 g/mol. The van der Waals surface area contributed by atoms with Crippen LogP contribution in [0.1, 0.15) is 49.6 Å². The van der Waals surface area contributed by atoms with Crippen molar-refractivity contribution in [1.29, 1.82) is 0 Å². The molecule has 0 amide bonds. The van der Waals surface area contributed by atoms with E-state index in [0.717, 1.165) is 61.9 Å². The second kappa shape index (κ2) is 9.38. The van der Waals surface area contributed by atoms with Crippen LogP contribution < -0.4 is 9.88 Å². The molecule has 1 N–H and O–H groups in total. The van der Waals surface area contributed by atoms with Crippen LogP contribution in [0.3, 0.4) is 0 Å². The van der Waals surface area contributed by atoms with Crippen LogP contribution in [0.2, 0.25) is 0 Å². The highest BCUT2D eigenvalue weighted by Crippen LogP contribution is 2.51. The fourth-order valence-electron chi connectivity index (χ4n) is 7.99. The highest BCUT2D eigenvalue weighted by atomic mass is 19.4. The number of hydrogen-bond donors (Lipinski definition) is 1. The fraction of sp³-hybridized carbons (Fsp3) is 0.222. The van der Waals surface area contributed by atoms with Gasteiger partial charge >= 0.3 is 12.0 Å². The van der Waals surface area contributed by atoms with Crippen molar-refractivity contribution in [3.63, 3.8) is 0 Å². The lowest BCUT2D eigenvalue weighted by Crippen LogP contribution is -2.58. The zero-order valence-corrected chi connectivity index (χ0v) is 25.1. The number of para-hydroxylation sites is 1. The number of halogens is 3. The van der Waals surface area contributed by atoms with Gasteiger partial charge in [0, 0.05) is 59.1 Å². The first-order chi connectivity index (χ1) is 22.3. The third-order valence-corrected chi connectivity index (χ3v) is 10.0. The van der Waals surface area contributed by atoms with E-state index in [2.05, 4.69) is 45.5 Å². The Morgan fingerprint density at radius 3 is 2.65 bits per heavy atom. The summed E-state index contributed by atoms with van der Waals surface area (Å²) in [6, 6.07) is 22.6. The van der Waals surface area contributed by atoms with Crippen LogP contribution in [-0.4, -0.2) is 31.6 Å². The van der Waals surface area contributed by atoms with Gasteiger partial charge in [0.15, 0.2) is 23.5 Å². The summed E-state index contributed by atoms with van der Waals surface area (Å²) in [5.74, 6) is 0.770. The predicted octanol–water partition coefficient (Wildman–Crippen LogP) is 7.83. The van der Waals surface area contributed by atoms with E-state index in [0.29, 0.717) is 30.8 Å². The summed E-state index contributed by atoms with van der Waals surface area (Å²) in [5.41, 5.74) is 6.15. The largest absolute Gasteiger partial charge is 0.456 e. The van der Waals surface area contributed by atoms with Gasteiger partial charge in [-0.1, -0.05) is 32.0 Å². The number of benzene rings is 2. The minimum atomic E-state index is -4.59. The van der Waals surface area contributed by atoms with Gasteiger partial charge in [-0.15, -0.1) is 0 Å². The van der Waals surface area contributed by atoms with Crippen LogP contribution in [0.4, 0.5) is 24.7 Å². The highest BCUT2D eigenvalue weighted by Gasteiger charge is 2.55. The van der Waals surface area contributed by atoms with Crippen molar-refractivity contribution in [2.75, 3.05) is 11.9 Å². The van der Waals surface area contributed by atoms with Gasteiger partial charge < -0.3 is 9.73 Å². The Morgan fingerprint density at radius 2 is 1.83 bits per heavy atom. The standard InChI is InChI=1S/C36H29F3N6O/c1-3-35(4-2)23(20-44-26(18-30(42-44)36(37,38)39)25-12-7-8-17-43(25)35)33-22-14-15-29-32(21-10-5-6-13-28(21)46-29)31(22)27-19-41-24-11-9-16-40-34(24)45(27)33/h5-18,20,33,41H,3-4,19H2,1-2H3/q+2. The molecule has 0 aliphatic carbocycles. The first kappa shape index (κ1) is 27.1. The molecule has 0 saturated carbocycles. The zero-order chi connectivity index (χ0) is 31.4. The number of alkyl halides is 3. The van der Waals surface area contributed by atoms with Gasteiger partial charge in [-0.05, 0) is 41.4 Å². The molecule has 3 aliphatic heterocycles. The van der Waals surface area contributed by atoms with E-state index in [1.54, 1.807) is 6.20 Å². The summed E-state index contributed by atoms with van der Waals surface area (Å²) in [6.07, 6.45) is 2.44. The molecule has 0 radical (unpaired) electrons. The molecule has 10 heteroatoms. The SMILES string of the molecule is CCC1(CC)C(C2c3ccc4oc5ccccc5c4c3C3=[N+]2c2ncccc2NC3)=Cn2nc(C(F)(F)F)cc2-c2cccc[n+]21. The molecule has 46 heavy (non-hydrogen) atoms. The van der Waals surface area contributed by atoms with Crippen LogP contribution in [-0.2, 0) is 11.7 Å². The number of aromatic nitrogens is 4. The lowest BCUT2D eigenvalue weighted by molar-refractivity contribution is -0.749. The molecular formula is C36H29F3N6O+2. The summed E-state index contributed by atoms with van der Waals surface area (Å²) in [6.45, 7) is 4.84. The third-order valence-electron chi connectivity index (χ3n) is 10.0. The molecule has 0 bridgehead atoms. The van der Waals surface area contributed by atoms with Gasteiger partial charge in [0.1, 0.15) is 34.5 Å². The maximum atomic E-state index is 14.1. The Labute approximate surface area is 261 Å².